The molecule has 0 aromatic heterocycles. The first-order valence-corrected chi connectivity index (χ1v) is 7.37. The molecule has 0 spiro atoms. The van der Waals surface area contributed by atoms with Gasteiger partial charge in [0.05, 0.1) is 12.0 Å². The molecule has 0 saturated carbocycles. The summed E-state index contributed by atoms with van der Waals surface area (Å²) in [5.74, 6) is -1.35. The Morgan fingerprint density at radius 3 is 2.76 bits per heavy atom. The van der Waals surface area contributed by atoms with Gasteiger partial charge in [0.2, 0.25) is 0 Å². The molecule has 1 aliphatic rings. The summed E-state index contributed by atoms with van der Waals surface area (Å²) in [5.41, 5.74) is 0.728. The van der Waals surface area contributed by atoms with Crippen LogP contribution in [-0.2, 0) is 4.79 Å². The van der Waals surface area contributed by atoms with Crippen molar-refractivity contribution in [3.05, 3.63) is 33.8 Å². The average molecular weight is 331 g/mol. The van der Waals surface area contributed by atoms with E-state index in [2.05, 4.69) is 5.32 Å². The number of aliphatic carboxylic acids is 1. The van der Waals surface area contributed by atoms with Crippen molar-refractivity contribution in [1.29, 1.82) is 0 Å². The largest absolute Gasteiger partial charge is 0.481 e. The number of halogens is 2. The second-order valence-corrected chi connectivity index (χ2v) is 5.95. The van der Waals surface area contributed by atoms with E-state index >= 15 is 0 Å². The van der Waals surface area contributed by atoms with Gasteiger partial charge >= 0.3 is 12.0 Å². The molecule has 0 radical (unpaired) electrons. The molecule has 1 aliphatic heterocycles. The van der Waals surface area contributed by atoms with E-state index < -0.39 is 11.9 Å². The summed E-state index contributed by atoms with van der Waals surface area (Å²) in [6, 6.07) is 4.46. The Morgan fingerprint density at radius 2 is 2.14 bits per heavy atom. The van der Waals surface area contributed by atoms with Crippen molar-refractivity contribution in [2.24, 2.45) is 5.92 Å². The maximum absolute atomic E-state index is 12.1. The first-order valence-electron chi connectivity index (χ1n) is 6.61. The predicted octanol–water partition coefficient (Wildman–Crippen LogP) is 3.17. The lowest BCUT2D eigenvalue weighted by atomic mass is 10.1. The highest BCUT2D eigenvalue weighted by Crippen LogP contribution is 2.26. The molecule has 2 N–H and O–H groups in total. The lowest BCUT2D eigenvalue weighted by Crippen LogP contribution is -2.40. The number of nitrogens with zero attached hydrogens (tertiary/aromatic N) is 1. The van der Waals surface area contributed by atoms with Crippen LogP contribution in [0.2, 0.25) is 10.0 Å². The number of hydrogen-bond donors (Lipinski definition) is 2. The Bertz CT molecular complexity index is 565. The molecule has 0 bridgehead atoms. The minimum absolute atomic E-state index is 0.233. The summed E-state index contributed by atoms with van der Waals surface area (Å²) >= 11 is 12.0. The van der Waals surface area contributed by atoms with Gasteiger partial charge in [-0.3, -0.25) is 4.79 Å². The van der Waals surface area contributed by atoms with E-state index in [-0.39, 0.29) is 18.6 Å². The maximum atomic E-state index is 12.1. The van der Waals surface area contributed by atoms with Crippen molar-refractivity contribution in [2.45, 2.75) is 19.4 Å². The predicted molar refractivity (Wildman–Crippen MR) is 80.7 cm³/mol. The van der Waals surface area contributed by atoms with Crippen molar-refractivity contribution in [3.8, 4) is 0 Å². The molecule has 2 amide bonds. The molecule has 1 heterocycles. The Hall–Kier alpha value is -1.46. The van der Waals surface area contributed by atoms with Crippen LogP contribution >= 0.6 is 23.2 Å². The van der Waals surface area contributed by atoms with E-state index in [0.29, 0.717) is 23.0 Å². The molecule has 2 rings (SSSR count). The minimum Gasteiger partial charge on any atom is -0.481 e. The normalized spacial score (nSPS) is 19.4. The molecule has 1 fully saturated rings. The molecule has 1 unspecified atom stereocenters. The van der Waals surface area contributed by atoms with E-state index in [1.807, 2.05) is 0 Å². The van der Waals surface area contributed by atoms with Gasteiger partial charge in [0, 0.05) is 23.1 Å². The lowest BCUT2D eigenvalue weighted by Gasteiger charge is -2.21. The summed E-state index contributed by atoms with van der Waals surface area (Å²) in [7, 11) is 0. The van der Waals surface area contributed by atoms with E-state index in [0.717, 1.165) is 5.56 Å². The highest BCUT2D eigenvalue weighted by atomic mass is 35.5. The van der Waals surface area contributed by atoms with Crippen molar-refractivity contribution in [3.63, 3.8) is 0 Å². The van der Waals surface area contributed by atoms with Crippen LogP contribution in [0.5, 0.6) is 0 Å². The summed E-state index contributed by atoms with van der Waals surface area (Å²) in [4.78, 5) is 24.6. The number of benzene rings is 1. The average Bonchev–Trinajstić information content (AvgIpc) is 2.91. The number of urea groups is 1. The Balaban J connectivity index is 1.99. The first-order chi connectivity index (χ1) is 9.88. The number of amides is 2. The number of carboxylic acids is 1. The Kier molecular flexibility index (Phi) is 4.96. The molecule has 0 aliphatic carbocycles. The van der Waals surface area contributed by atoms with Gasteiger partial charge in [0.25, 0.3) is 0 Å². The molecule has 2 atom stereocenters. The van der Waals surface area contributed by atoms with Gasteiger partial charge in [0.15, 0.2) is 0 Å². The molecule has 5 nitrogen and oxygen atoms in total. The van der Waals surface area contributed by atoms with Gasteiger partial charge in [-0.05, 0) is 37.1 Å². The second kappa shape index (κ2) is 6.54. The van der Waals surface area contributed by atoms with Crippen LogP contribution in [-0.4, -0.2) is 35.1 Å². The van der Waals surface area contributed by atoms with Gasteiger partial charge < -0.3 is 15.3 Å². The first kappa shape index (κ1) is 15.9. The zero-order valence-corrected chi connectivity index (χ0v) is 13.0. The van der Waals surface area contributed by atoms with E-state index in [9.17, 15) is 9.59 Å². The smallest absolute Gasteiger partial charge is 0.317 e. The van der Waals surface area contributed by atoms with Crippen molar-refractivity contribution >= 4 is 35.2 Å². The lowest BCUT2D eigenvalue weighted by molar-refractivity contribution is -0.141. The maximum Gasteiger partial charge on any atom is 0.317 e. The summed E-state index contributed by atoms with van der Waals surface area (Å²) in [5, 5.41) is 12.8. The number of nitrogens with one attached hydrogen (secondary N) is 1. The topological polar surface area (TPSA) is 69.6 Å². The van der Waals surface area contributed by atoms with E-state index in [1.165, 1.54) is 4.90 Å². The Labute approximate surface area is 132 Å². The zero-order valence-electron chi connectivity index (χ0n) is 11.5. The number of carboxylic acid groups (broad SMARTS) is 1. The van der Waals surface area contributed by atoms with Gasteiger partial charge in [-0.2, -0.15) is 0 Å². The van der Waals surface area contributed by atoms with Crippen molar-refractivity contribution in [1.82, 2.24) is 10.2 Å². The Morgan fingerprint density at radius 1 is 1.43 bits per heavy atom. The van der Waals surface area contributed by atoms with Gasteiger partial charge in [-0.15, -0.1) is 0 Å². The standard InChI is InChI=1S/C14H16Cl2N2O3/c1-8(11-6-10(15)2-3-12(11)16)17-14(21)18-5-4-9(7-18)13(19)20/h2-3,6,8-9H,4-5,7H2,1H3,(H,17,21)(H,19,20)/t8-,9?/m1/s1. The van der Waals surface area contributed by atoms with Crippen LogP contribution in [0.1, 0.15) is 24.9 Å². The number of carbonyl (C=O) groups excluding carboxylic acids is 1. The van der Waals surface area contributed by atoms with E-state index in [4.69, 9.17) is 28.3 Å². The molecular formula is C14H16Cl2N2O3. The van der Waals surface area contributed by atoms with Crippen LogP contribution < -0.4 is 5.32 Å². The van der Waals surface area contributed by atoms with Crippen molar-refractivity contribution < 1.29 is 14.7 Å². The third kappa shape index (κ3) is 3.80. The molecule has 7 heteroatoms. The molecule has 1 saturated heterocycles. The molecule has 21 heavy (non-hydrogen) atoms. The quantitative estimate of drug-likeness (QED) is 0.894. The highest BCUT2D eigenvalue weighted by molar-refractivity contribution is 6.33. The summed E-state index contributed by atoms with van der Waals surface area (Å²) in [6.45, 7) is 2.48. The number of carbonyl (C=O) groups is 2. The van der Waals surface area contributed by atoms with Crippen molar-refractivity contribution in [2.75, 3.05) is 13.1 Å². The number of likely N-dealkylation sites (tertiary alicyclic amines) is 1. The number of rotatable bonds is 3. The highest BCUT2D eigenvalue weighted by Gasteiger charge is 2.31. The molecule has 1 aromatic rings. The SMILES string of the molecule is C[C@@H](NC(=O)N1CCC(C(=O)O)C1)c1cc(Cl)ccc1Cl. The second-order valence-electron chi connectivity index (χ2n) is 5.11. The van der Waals surface area contributed by atoms with Crippen LogP contribution in [0.4, 0.5) is 4.79 Å². The third-order valence-electron chi connectivity index (χ3n) is 3.59. The van der Waals surface area contributed by atoms with E-state index in [1.54, 1.807) is 25.1 Å². The minimum atomic E-state index is -0.865. The summed E-state index contributed by atoms with van der Waals surface area (Å²) in [6.07, 6.45) is 0.481. The number of hydrogen-bond acceptors (Lipinski definition) is 2. The fourth-order valence-corrected chi connectivity index (χ4v) is 2.81. The zero-order chi connectivity index (χ0) is 15.6. The monoisotopic (exact) mass is 330 g/mol. The fraction of sp³-hybridized carbons (Fsp3) is 0.429. The van der Waals surface area contributed by atoms with Gasteiger partial charge in [-0.1, -0.05) is 23.2 Å². The fourth-order valence-electron chi connectivity index (χ4n) is 2.35. The third-order valence-corrected chi connectivity index (χ3v) is 4.17. The molecular weight excluding hydrogens is 315 g/mol. The van der Waals surface area contributed by atoms with Crippen LogP contribution in [0.15, 0.2) is 18.2 Å². The van der Waals surface area contributed by atoms with Crippen LogP contribution in [0, 0.1) is 5.92 Å². The van der Waals surface area contributed by atoms with Gasteiger partial charge in [-0.25, -0.2) is 4.79 Å². The summed E-state index contributed by atoms with van der Waals surface area (Å²) < 4.78 is 0. The molecule has 1 aromatic carbocycles. The van der Waals surface area contributed by atoms with Gasteiger partial charge in [0.1, 0.15) is 0 Å². The van der Waals surface area contributed by atoms with Crippen LogP contribution in [0.3, 0.4) is 0 Å². The van der Waals surface area contributed by atoms with Crippen LogP contribution in [0.25, 0.3) is 0 Å². The molecule has 114 valence electrons.